The van der Waals surface area contributed by atoms with Crippen molar-refractivity contribution in [3.8, 4) is 0 Å². The van der Waals surface area contributed by atoms with Crippen LogP contribution in [0.25, 0.3) is 10.9 Å². The fourth-order valence-corrected chi connectivity index (χ4v) is 4.18. The molecule has 0 saturated heterocycles. The first-order valence-corrected chi connectivity index (χ1v) is 10.4. The molecule has 0 spiro atoms. The van der Waals surface area contributed by atoms with Gasteiger partial charge in [0.05, 0.1) is 28.2 Å². The number of halogens is 1. The molecule has 4 aromatic rings. The quantitative estimate of drug-likeness (QED) is 0.248. The van der Waals surface area contributed by atoms with Gasteiger partial charge in [-0.1, -0.05) is 78.0 Å². The number of ketones is 1. The zero-order chi connectivity index (χ0) is 20.2. The van der Waals surface area contributed by atoms with Crippen LogP contribution in [-0.4, -0.2) is 21.1 Å². The molecule has 0 aliphatic heterocycles. The van der Waals surface area contributed by atoms with E-state index in [1.165, 1.54) is 11.8 Å². The molecule has 0 aliphatic rings. The number of carbonyl (C=O) groups excluding carboxylic acids is 1. The maximum atomic E-state index is 13.1. The Morgan fingerprint density at radius 2 is 1.62 bits per heavy atom. The monoisotopic (exact) mass is 420 g/mol. The second kappa shape index (κ2) is 8.64. The summed E-state index contributed by atoms with van der Waals surface area (Å²) in [4.78, 5) is 30.4. The number of thioether (sulfide) groups is 1. The molecule has 0 amide bonds. The summed E-state index contributed by atoms with van der Waals surface area (Å²) in [5.74, 6) is 0.0396. The molecule has 1 aromatic heterocycles. The number of hydrogen-bond donors (Lipinski definition) is 0. The molecule has 0 bridgehead atoms. The van der Waals surface area contributed by atoms with E-state index in [0.717, 1.165) is 5.56 Å². The lowest BCUT2D eigenvalue weighted by Crippen LogP contribution is -2.24. The Morgan fingerprint density at radius 1 is 0.931 bits per heavy atom. The average Bonchev–Trinajstić information content (AvgIpc) is 2.75. The minimum atomic E-state index is -0.118. The highest BCUT2D eigenvalue weighted by Gasteiger charge is 2.15. The predicted molar refractivity (Wildman–Crippen MR) is 118 cm³/mol. The van der Waals surface area contributed by atoms with Crippen molar-refractivity contribution in [3.05, 3.63) is 105 Å². The van der Waals surface area contributed by atoms with E-state index in [0.29, 0.717) is 33.2 Å². The lowest BCUT2D eigenvalue weighted by molar-refractivity contribution is 0.102. The van der Waals surface area contributed by atoms with Gasteiger partial charge in [-0.2, -0.15) is 0 Å². The van der Waals surface area contributed by atoms with Gasteiger partial charge in [-0.15, -0.1) is 0 Å². The van der Waals surface area contributed by atoms with Gasteiger partial charge >= 0.3 is 0 Å². The van der Waals surface area contributed by atoms with Crippen molar-refractivity contribution in [1.82, 2.24) is 9.55 Å². The molecule has 6 heteroatoms. The molecule has 0 unspecified atom stereocenters. The maximum Gasteiger partial charge on any atom is 0.262 e. The van der Waals surface area contributed by atoms with Crippen LogP contribution < -0.4 is 5.56 Å². The molecule has 0 atom stereocenters. The van der Waals surface area contributed by atoms with Crippen LogP contribution in [0.5, 0.6) is 0 Å². The zero-order valence-corrected chi connectivity index (χ0v) is 17.0. The Labute approximate surface area is 177 Å². The third-order valence-electron chi connectivity index (χ3n) is 4.52. The molecule has 4 rings (SSSR count). The summed E-state index contributed by atoms with van der Waals surface area (Å²) >= 11 is 7.39. The van der Waals surface area contributed by atoms with Crippen LogP contribution in [0.1, 0.15) is 15.9 Å². The highest BCUT2D eigenvalue weighted by Crippen LogP contribution is 2.22. The molecule has 0 fully saturated rings. The molecular weight excluding hydrogens is 404 g/mol. The summed E-state index contributed by atoms with van der Waals surface area (Å²) in [6.07, 6.45) is 0. The van der Waals surface area contributed by atoms with Crippen LogP contribution in [0.15, 0.2) is 88.8 Å². The maximum absolute atomic E-state index is 13.1. The van der Waals surface area contributed by atoms with Gasteiger partial charge in [0.25, 0.3) is 5.56 Å². The fourth-order valence-electron chi connectivity index (χ4n) is 3.06. The predicted octanol–water partition coefficient (Wildman–Crippen LogP) is 5.07. The van der Waals surface area contributed by atoms with E-state index in [1.807, 2.05) is 48.5 Å². The lowest BCUT2D eigenvalue weighted by atomic mass is 10.1. The van der Waals surface area contributed by atoms with Crippen molar-refractivity contribution in [2.24, 2.45) is 0 Å². The lowest BCUT2D eigenvalue weighted by Gasteiger charge is -2.13. The summed E-state index contributed by atoms with van der Waals surface area (Å²) in [5, 5.41) is 1.49. The van der Waals surface area contributed by atoms with E-state index >= 15 is 0 Å². The minimum absolute atomic E-state index is 0.103. The second-order valence-corrected chi connectivity index (χ2v) is 7.83. The molecule has 1 heterocycles. The van der Waals surface area contributed by atoms with Gasteiger partial charge in [0.2, 0.25) is 0 Å². The van der Waals surface area contributed by atoms with Gasteiger partial charge in [0.1, 0.15) is 0 Å². The SMILES string of the molecule is O=C(CSc1nc2ccccc2c(=O)n1Cc1ccccc1)c1ccccc1Cl. The summed E-state index contributed by atoms with van der Waals surface area (Å²) in [7, 11) is 0. The Hall–Kier alpha value is -2.89. The van der Waals surface area contributed by atoms with Crippen LogP contribution in [0, 0.1) is 0 Å². The first kappa shape index (κ1) is 19.4. The van der Waals surface area contributed by atoms with Crippen LogP contribution in [0.2, 0.25) is 5.02 Å². The Balaban J connectivity index is 1.70. The molecule has 144 valence electrons. The molecule has 0 saturated carbocycles. The molecular formula is C23H17ClN2O2S. The van der Waals surface area contributed by atoms with Gasteiger partial charge in [-0.3, -0.25) is 14.2 Å². The normalized spacial score (nSPS) is 10.9. The zero-order valence-electron chi connectivity index (χ0n) is 15.4. The molecule has 3 aromatic carbocycles. The first-order valence-electron chi connectivity index (χ1n) is 9.07. The molecule has 0 radical (unpaired) electrons. The largest absolute Gasteiger partial charge is 0.293 e. The van der Waals surface area contributed by atoms with E-state index in [2.05, 4.69) is 4.98 Å². The molecule has 0 N–H and O–H groups in total. The van der Waals surface area contributed by atoms with Gasteiger partial charge < -0.3 is 0 Å². The van der Waals surface area contributed by atoms with Crippen LogP contribution in [0.3, 0.4) is 0 Å². The van der Waals surface area contributed by atoms with Gasteiger partial charge in [-0.25, -0.2) is 4.98 Å². The minimum Gasteiger partial charge on any atom is -0.293 e. The third-order valence-corrected chi connectivity index (χ3v) is 5.82. The number of aromatic nitrogens is 2. The number of carbonyl (C=O) groups is 1. The number of nitrogens with zero attached hydrogens (tertiary/aromatic N) is 2. The average molecular weight is 421 g/mol. The van der Waals surface area contributed by atoms with Crippen molar-refractivity contribution in [2.75, 3.05) is 5.75 Å². The number of rotatable bonds is 6. The van der Waals surface area contributed by atoms with E-state index in [-0.39, 0.29) is 17.1 Å². The van der Waals surface area contributed by atoms with Crippen LogP contribution in [-0.2, 0) is 6.54 Å². The van der Waals surface area contributed by atoms with Gasteiger partial charge in [0, 0.05) is 5.56 Å². The standard InChI is InChI=1S/C23H17ClN2O2S/c24-19-12-6-4-10-17(19)21(27)15-29-23-25-20-13-7-5-11-18(20)22(28)26(23)14-16-8-2-1-3-9-16/h1-13H,14-15H2. The second-order valence-electron chi connectivity index (χ2n) is 6.48. The van der Waals surface area contributed by atoms with E-state index in [1.54, 1.807) is 34.9 Å². The van der Waals surface area contributed by atoms with Crippen molar-refractivity contribution in [2.45, 2.75) is 11.7 Å². The van der Waals surface area contributed by atoms with Gasteiger partial charge in [-0.05, 0) is 29.8 Å². The van der Waals surface area contributed by atoms with Crippen molar-refractivity contribution in [1.29, 1.82) is 0 Å². The highest BCUT2D eigenvalue weighted by atomic mass is 35.5. The summed E-state index contributed by atoms with van der Waals surface area (Å²) in [6.45, 7) is 0.389. The van der Waals surface area contributed by atoms with Gasteiger partial charge in [0.15, 0.2) is 10.9 Å². The first-order chi connectivity index (χ1) is 14.1. The summed E-state index contributed by atoms with van der Waals surface area (Å²) in [6, 6.07) is 23.9. The Bertz CT molecular complexity index is 1240. The van der Waals surface area contributed by atoms with Crippen molar-refractivity contribution in [3.63, 3.8) is 0 Å². The van der Waals surface area contributed by atoms with Crippen molar-refractivity contribution < 1.29 is 4.79 Å². The number of hydrogen-bond acceptors (Lipinski definition) is 4. The topological polar surface area (TPSA) is 52.0 Å². The highest BCUT2D eigenvalue weighted by molar-refractivity contribution is 7.99. The Kier molecular flexibility index (Phi) is 5.79. The number of benzene rings is 3. The van der Waals surface area contributed by atoms with Crippen LogP contribution in [0.4, 0.5) is 0 Å². The Morgan fingerprint density at radius 3 is 2.41 bits per heavy atom. The number of para-hydroxylation sites is 1. The summed E-state index contributed by atoms with van der Waals surface area (Å²) in [5.41, 5.74) is 1.96. The number of fused-ring (bicyclic) bond motifs is 1. The van der Waals surface area contributed by atoms with Crippen molar-refractivity contribution >= 4 is 40.0 Å². The van der Waals surface area contributed by atoms with E-state index in [9.17, 15) is 9.59 Å². The molecule has 0 aliphatic carbocycles. The smallest absolute Gasteiger partial charge is 0.262 e. The third kappa shape index (κ3) is 4.26. The van der Waals surface area contributed by atoms with E-state index in [4.69, 9.17) is 11.6 Å². The summed E-state index contributed by atoms with van der Waals surface area (Å²) < 4.78 is 1.63. The van der Waals surface area contributed by atoms with E-state index < -0.39 is 0 Å². The fraction of sp³-hybridized carbons (Fsp3) is 0.0870. The van der Waals surface area contributed by atoms with Crippen LogP contribution >= 0.6 is 23.4 Å². The number of Topliss-reactive ketones (excluding diaryl/α,β-unsaturated/α-hetero) is 1. The molecule has 29 heavy (non-hydrogen) atoms. The molecule has 4 nitrogen and oxygen atoms in total.